The van der Waals surface area contributed by atoms with E-state index in [9.17, 15) is 4.79 Å². The summed E-state index contributed by atoms with van der Waals surface area (Å²) in [7, 11) is 1.89. The Morgan fingerprint density at radius 1 is 1.47 bits per heavy atom. The summed E-state index contributed by atoms with van der Waals surface area (Å²) in [5.41, 5.74) is 3.26. The van der Waals surface area contributed by atoms with E-state index in [2.05, 4.69) is 16.7 Å². The van der Waals surface area contributed by atoms with Crippen molar-refractivity contribution < 1.29 is 9.90 Å². The van der Waals surface area contributed by atoms with Gasteiger partial charge < -0.3 is 15.7 Å². The number of rotatable bonds is 4. The van der Waals surface area contributed by atoms with Crippen molar-refractivity contribution in [2.45, 2.75) is 25.3 Å². The number of carbonyl (C=O) groups is 1. The van der Waals surface area contributed by atoms with Gasteiger partial charge in [-0.1, -0.05) is 12.1 Å². The topological polar surface area (TPSA) is 61.4 Å². The molecule has 4 nitrogen and oxygen atoms in total. The summed E-state index contributed by atoms with van der Waals surface area (Å²) in [5, 5.41) is 15.1. The van der Waals surface area contributed by atoms with Crippen LogP contribution in [0.2, 0.25) is 0 Å². The third-order valence-corrected chi connectivity index (χ3v) is 3.19. The number of aryl methyl sites for hydroxylation is 1. The number of aliphatic hydroxyl groups is 1. The lowest BCUT2D eigenvalue weighted by Crippen LogP contribution is -2.21. The molecule has 2 rings (SSSR count). The van der Waals surface area contributed by atoms with Gasteiger partial charge in [-0.3, -0.25) is 4.79 Å². The van der Waals surface area contributed by atoms with Crippen molar-refractivity contribution in [1.29, 1.82) is 0 Å². The van der Waals surface area contributed by atoms with Crippen molar-refractivity contribution >= 4 is 11.6 Å². The van der Waals surface area contributed by atoms with E-state index < -0.39 is 0 Å². The van der Waals surface area contributed by atoms with Gasteiger partial charge in [0.25, 0.3) is 0 Å². The average Bonchev–Trinajstić information content (AvgIpc) is 2.35. The number of hydrogen-bond donors (Lipinski definition) is 3. The van der Waals surface area contributed by atoms with Gasteiger partial charge in [0.1, 0.15) is 0 Å². The molecule has 0 saturated heterocycles. The highest BCUT2D eigenvalue weighted by atomic mass is 16.3. The van der Waals surface area contributed by atoms with Gasteiger partial charge in [0, 0.05) is 24.8 Å². The monoisotopic (exact) mass is 234 g/mol. The maximum absolute atomic E-state index is 11.2. The summed E-state index contributed by atoms with van der Waals surface area (Å²) in [4.78, 5) is 11.2. The molecule has 4 heteroatoms. The Bertz CT molecular complexity index is 418. The van der Waals surface area contributed by atoms with Crippen LogP contribution in [0.15, 0.2) is 18.2 Å². The maximum Gasteiger partial charge on any atom is 0.224 e. The van der Waals surface area contributed by atoms with Gasteiger partial charge in [-0.05, 0) is 37.1 Å². The highest BCUT2D eigenvalue weighted by molar-refractivity contribution is 5.93. The van der Waals surface area contributed by atoms with Crippen molar-refractivity contribution in [3.63, 3.8) is 0 Å². The van der Waals surface area contributed by atoms with Gasteiger partial charge in [-0.25, -0.2) is 0 Å². The second kappa shape index (κ2) is 5.29. The lowest BCUT2D eigenvalue weighted by molar-refractivity contribution is -0.116. The van der Waals surface area contributed by atoms with E-state index in [0.717, 1.165) is 17.7 Å². The van der Waals surface area contributed by atoms with Gasteiger partial charge in [0.15, 0.2) is 0 Å². The zero-order valence-corrected chi connectivity index (χ0v) is 9.99. The lowest BCUT2D eigenvalue weighted by atomic mass is 9.96. The van der Waals surface area contributed by atoms with Crippen LogP contribution in [0.1, 0.15) is 30.0 Å². The summed E-state index contributed by atoms with van der Waals surface area (Å²) in [5.74, 6) is 0.0887. The Morgan fingerprint density at radius 3 is 3.00 bits per heavy atom. The predicted octanol–water partition coefficient (Wildman–Crippen LogP) is 1.21. The van der Waals surface area contributed by atoms with Crippen LogP contribution in [0, 0.1) is 0 Å². The summed E-state index contributed by atoms with van der Waals surface area (Å²) in [6, 6.07) is 6.24. The van der Waals surface area contributed by atoms with Crippen molar-refractivity contribution in [1.82, 2.24) is 5.32 Å². The SMILES string of the molecule is CNC(CCO)c1ccc2c(c1)CCC(=O)N2. The molecule has 1 heterocycles. The van der Waals surface area contributed by atoms with Crippen molar-refractivity contribution in [2.24, 2.45) is 0 Å². The van der Waals surface area contributed by atoms with Crippen LogP contribution in [0.5, 0.6) is 0 Å². The molecule has 1 atom stereocenters. The fourth-order valence-electron chi connectivity index (χ4n) is 2.23. The molecule has 1 amide bonds. The molecular weight excluding hydrogens is 216 g/mol. The number of amides is 1. The number of carbonyl (C=O) groups excluding carboxylic acids is 1. The molecule has 1 unspecified atom stereocenters. The normalized spacial score (nSPS) is 16.2. The first-order chi connectivity index (χ1) is 8.24. The molecule has 0 aliphatic carbocycles. The standard InChI is InChI=1S/C13H18N2O2/c1-14-11(6-7-16)9-2-4-12-10(8-9)3-5-13(17)15-12/h2,4,8,11,14,16H,3,5-7H2,1H3,(H,15,17). The molecule has 1 aliphatic heterocycles. The Kier molecular flexibility index (Phi) is 3.76. The quantitative estimate of drug-likeness (QED) is 0.734. The first kappa shape index (κ1) is 12.1. The zero-order valence-electron chi connectivity index (χ0n) is 9.99. The zero-order chi connectivity index (χ0) is 12.3. The molecule has 1 aliphatic rings. The van der Waals surface area contributed by atoms with Gasteiger partial charge >= 0.3 is 0 Å². The van der Waals surface area contributed by atoms with Gasteiger partial charge in [0.2, 0.25) is 5.91 Å². The van der Waals surface area contributed by atoms with E-state index in [1.807, 2.05) is 19.2 Å². The molecule has 1 aromatic carbocycles. The van der Waals surface area contributed by atoms with Gasteiger partial charge in [-0.15, -0.1) is 0 Å². The van der Waals surface area contributed by atoms with E-state index in [1.54, 1.807) is 0 Å². The molecule has 0 aromatic heterocycles. The largest absolute Gasteiger partial charge is 0.396 e. The average molecular weight is 234 g/mol. The van der Waals surface area contributed by atoms with Crippen LogP contribution in [0.4, 0.5) is 5.69 Å². The molecule has 1 aromatic rings. The number of hydrogen-bond acceptors (Lipinski definition) is 3. The van der Waals surface area contributed by atoms with Crippen LogP contribution in [0.3, 0.4) is 0 Å². The predicted molar refractivity (Wildman–Crippen MR) is 66.9 cm³/mol. The molecule has 3 N–H and O–H groups in total. The molecule has 0 radical (unpaired) electrons. The highest BCUT2D eigenvalue weighted by Gasteiger charge is 2.16. The Balaban J connectivity index is 2.23. The fraction of sp³-hybridized carbons (Fsp3) is 0.462. The van der Waals surface area contributed by atoms with Gasteiger partial charge in [0.05, 0.1) is 0 Å². The second-order valence-electron chi connectivity index (χ2n) is 4.32. The Hall–Kier alpha value is -1.39. The van der Waals surface area contributed by atoms with E-state index >= 15 is 0 Å². The second-order valence-corrected chi connectivity index (χ2v) is 4.32. The minimum atomic E-state index is 0.0887. The van der Waals surface area contributed by atoms with Crippen LogP contribution in [-0.2, 0) is 11.2 Å². The Morgan fingerprint density at radius 2 is 2.29 bits per heavy atom. The first-order valence-electron chi connectivity index (χ1n) is 5.95. The number of benzene rings is 1. The number of nitrogens with one attached hydrogen (secondary N) is 2. The molecule has 17 heavy (non-hydrogen) atoms. The van der Waals surface area contributed by atoms with Crippen molar-refractivity contribution in [3.05, 3.63) is 29.3 Å². The van der Waals surface area contributed by atoms with E-state index in [4.69, 9.17) is 5.11 Å². The Labute approximate surface area is 101 Å². The van der Waals surface area contributed by atoms with Crippen LogP contribution < -0.4 is 10.6 Å². The van der Waals surface area contributed by atoms with E-state index in [0.29, 0.717) is 12.8 Å². The first-order valence-corrected chi connectivity index (χ1v) is 5.95. The molecule has 0 spiro atoms. The number of fused-ring (bicyclic) bond motifs is 1. The van der Waals surface area contributed by atoms with Crippen LogP contribution in [-0.4, -0.2) is 24.7 Å². The molecule has 0 saturated carbocycles. The van der Waals surface area contributed by atoms with Crippen molar-refractivity contribution in [2.75, 3.05) is 19.0 Å². The maximum atomic E-state index is 11.2. The molecule has 0 fully saturated rings. The van der Waals surface area contributed by atoms with E-state index in [-0.39, 0.29) is 18.6 Å². The van der Waals surface area contributed by atoms with E-state index in [1.165, 1.54) is 5.56 Å². The van der Waals surface area contributed by atoms with Crippen LogP contribution >= 0.6 is 0 Å². The summed E-state index contributed by atoms with van der Waals surface area (Å²) in [6.45, 7) is 0.166. The smallest absolute Gasteiger partial charge is 0.224 e. The van der Waals surface area contributed by atoms with Crippen LogP contribution in [0.25, 0.3) is 0 Å². The third-order valence-electron chi connectivity index (χ3n) is 3.19. The summed E-state index contributed by atoms with van der Waals surface area (Å²) >= 11 is 0. The van der Waals surface area contributed by atoms with Crippen molar-refractivity contribution in [3.8, 4) is 0 Å². The molecule has 0 bridgehead atoms. The summed E-state index contributed by atoms with van der Waals surface area (Å²) in [6.07, 6.45) is 2.05. The number of anilines is 1. The highest BCUT2D eigenvalue weighted by Crippen LogP contribution is 2.26. The molecule has 92 valence electrons. The molecular formula is C13H18N2O2. The minimum Gasteiger partial charge on any atom is -0.396 e. The minimum absolute atomic E-state index is 0.0887. The third kappa shape index (κ3) is 2.65. The van der Waals surface area contributed by atoms with Gasteiger partial charge in [-0.2, -0.15) is 0 Å². The summed E-state index contributed by atoms with van der Waals surface area (Å²) < 4.78 is 0. The lowest BCUT2D eigenvalue weighted by Gasteiger charge is -2.21. The fourth-order valence-corrected chi connectivity index (χ4v) is 2.23. The number of aliphatic hydroxyl groups excluding tert-OH is 1.